The Kier molecular flexibility index (Phi) is 1.29. The van der Waals surface area contributed by atoms with Gasteiger partial charge in [0.2, 0.25) is 0 Å². The van der Waals surface area contributed by atoms with Crippen LogP contribution in [0.4, 0.5) is 0 Å². The molecule has 0 amide bonds. The van der Waals surface area contributed by atoms with E-state index < -0.39 is 0 Å². The molecule has 0 heterocycles. The summed E-state index contributed by atoms with van der Waals surface area (Å²) in [6.07, 6.45) is 6.24. The summed E-state index contributed by atoms with van der Waals surface area (Å²) in [6.45, 7) is 0. The van der Waals surface area contributed by atoms with Crippen molar-refractivity contribution in [3.05, 3.63) is 0 Å². The number of hydrogen-bond acceptors (Lipinski definition) is 0. The summed E-state index contributed by atoms with van der Waals surface area (Å²) < 4.78 is 0. The Labute approximate surface area is 50.7 Å². The maximum atomic E-state index is 1.58. The second-order valence-corrected chi connectivity index (χ2v) is 2.69. The monoisotopic (exact) mass is 118 g/mol. The third kappa shape index (κ3) is 0.766. The van der Waals surface area contributed by atoms with Gasteiger partial charge < -0.3 is 0 Å². The molecule has 2 atom stereocenters. The average molecular weight is 119 g/mol. The molecule has 0 spiro atoms. The molecular formula is C6H11Cl. The van der Waals surface area contributed by atoms with E-state index in [-0.39, 0.29) is 12.4 Å². The first-order valence-electron chi connectivity index (χ1n) is 2.97. The predicted octanol–water partition coefficient (Wildman–Crippen LogP) is 2.23. The molecule has 2 aliphatic carbocycles. The normalized spacial score (nSPS) is 44.6. The number of hydrogen-bond donors (Lipinski definition) is 0. The van der Waals surface area contributed by atoms with E-state index in [0.717, 1.165) is 0 Å². The summed E-state index contributed by atoms with van der Waals surface area (Å²) in [7, 11) is 0. The summed E-state index contributed by atoms with van der Waals surface area (Å²) in [4.78, 5) is 0. The highest BCUT2D eigenvalue weighted by Gasteiger charge is 2.40. The molecule has 2 saturated carbocycles. The van der Waals surface area contributed by atoms with E-state index in [0.29, 0.717) is 0 Å². The highest BCUT2D eigenvalue weighted by atomic mass is 35.5. The maximum absolute atomic E-state index is 1.58. The van der Waals surface area contributed by atoms with Crippen molar-refractivity contribution in [3.63, 3.8) is 0 Å². The van der Waals surface area contributed by atoms with Gasteiger partial charge in [0.05, 0.1) is 0 Å². The molecule has 2 rings (SSSR count). The molecule has 0 bridgehead atoms. The van der Waals surface area contributed by atoms with Crippen molar-refractivity contribution >= 4 is 12.4 Å². The third-order valence-electron chi connectivity index (χ3n) is 2.22. The van der Waals surface area contributed by atoms with Crippen LogP contribution in [0, 0.1) is 11.8 Å². The van der Waals surface area contributed by atoms with Crippen LogP contribution in [0.15, 0.2) is 0 Å². The fraction of sp³-hybridized carbons (Fsp3) is 1.00. The molecule has 0 nitrogen and oxygen atoms in total. The first-order valence-corrected chi connectivity index (χ1v) is 2.97. The van der Waals surface area contributed by atoms with Gasteiger partial charge in [-0.2, -0.15) is 0 Å². The smallest absolute Gasteiger partial charge is 0.0383 e. The lowest BCUT2D eigenvalue weighted by Gasteiger charge is -1.80. The van der Waals surface area contributed by atoms with Crippen molar-refractivity contribution < 1.29 is 0 Å². The second-order valence-electron chi connectivity index (χ2n) is 2.69. The predicted molar refractivity (Wildman–Crippen MR) is 32.7 cm³/mol. The van der Waals surface area contributed by atoms with E-state index in [2.05, 4.69) is 0 Å². The van der Waals surface area contributed by atoms with Crippen LogP contribution in [0.1, 0.15) is 25.7 Å². The number of rotatable bonds is 0. The lowest BCUT2D eigenvalue weighted by molar-refractivity contribution is 0.735. The molecule has 0 saturated heterocycles. The molecule has 0 radical (unpaired) electrons. The topological polar surface area (TPSA) is 0 Å². The number of halogens is 1. The lowest BCUT2D eigenvalue weighted by atomic mass is 10.3. The zero-order chi connectivity index (χ0) is 3.98. The van der Waals surface area contributed by atoms with Crippen molar-refractivity contribution in [2.75, 3.05) is 0 Å². The first kappa shape index (κ1) is 5.43. The van der Waals surface area contributed by atoms with E-state index in [1.807, 2.05) is 0 Å². The van der Waals surface area contributed by atoms with Gasteiger partial charge in [0.15, 0.2) is 0 Å². The fourth-order valence-corrected chi connectivity index (χ4v) is 1.66. The van der Waals surface area contributed by atoms with Gasteiger partial charge in [0, 0.05) is 0 Å². The van der Waals surface area contributed by atoms with Gasteiger partial charge in [-0.3, -0.25) is 0 Å². The van der Waals surface area contributed by atoms with E-state index in [9.17, 15) is 0 Å². The molecule has 2 unspecified atom stereocenters. The van der Waals surface area contributed by atoms with E-state index in [4.69, 9.17) is 0 Å². The summed E-state index contributed by atoms with van der Waals surface area (Å²) in [5, 5.41) is 0. The molecule has 0 aromatic rings. The quantitative estimate of drug-likeness (QED) is 0.458. The summed E-state index contributed by atoms with van der Waals surface area (Å²) >= 11 is 0. The van der Waals surface area contributed by atoms with Gasteiger partial charge in [0.25, 0.3) is 0 Å². The lowest BCUT2D eigenvalue weighted by Crippen LogP contribution is -1.64. The Bertz CT molecular complexity index is 62.6. The Morgan fingerprint density at radius 3 is 1.71 bits per heavy atom. The highest BCUT2D eigenvalue weighted by Crippen LogP contribution is 2.51. The SMILES string of the molecule is C1CC2CC2C1.Cl. The van der Waals surface area contributed by atoms with Crippen molar-refractivity contribution in [1.29, 1.82) is 0 Å². The van der Waals surface area contributed by atoms with Gasteiger partial charge in [-0.05, 0) is 18.3 Å². The van der Waals surface area contributed by atoms with Crippen molar-refractivity contribution in [1.82, 2.24) is 0 Å². The van der Waals surface area contributed by atoms with E-state index >= 15 is 0 Å². The van der Waals surface area contributed by atoms with Crippen LogP contribution >= 0.6 is 12.4 Å². The second kappa shape index (κ2) is 1.66. The van der Waals surface area contributed by atoms with Gasteiger partial charge in [-0.1, -0.05) is 19.3 Å². The average Bonchev–Trinajstić information content (AvgIpc) is 2.17. The first-order chi connectivity index (χ1) is 2.97. The number of fused-ring (bicyclic) bond motifs is 1. The molecule has 0 N–H and O–H groups in total. The van der Waals surface area contributed by atoms with Crippen LogP contribution in [0.2, 0.25) is 0 Å². The highest BCUT2D eigenvalue weighted by molar-refractivity contribution is 5.85. The van der Waals surface area contributed by atoms with Crippen LogP contribution in [-0.4, -0.2) is 0 Å². The molecule has 2 aliphatic rings. The third-order valence-corrected chi connectivity index (χ3v) is 2.22. The van der Waals surface area contributed by atoms with Crippen molar-refractivity contribution in [2.45, 2.75) is 25.7 Å². The summed E-state index contributed by atoms with van der Waals surface area (Å²) in [6, 6.07) is 0. The Morgan fingerprint density at radius 1 is 1.00 bits per heavy atom. The molecule has 0 aromatic carbocycles. The fourth-order valence-electron chi connectivity index (χ4n) is 1.66. The standard InChI is InChI=1S/C6H10.ClH/c1-2-5-4-6(5)3-1;/h5-6H,1-4H2;1H. The molecule has 0 aromatic heterocycles. The maximum Gasteiger partial charge on any atom is -0.0383 e. The zero-order valence-corrected chi connectivity index (χ0v) is 5.21. The van der Waals surface area contributed by atoms with E-state index in [1.165, 1.54) is 18.3 Å². The largest absolute Gasteiger partial charge is 0.147 e. The van der Waals surface area contributed by atoms with Crippen LogP contribution in [-0.2, 0) is 0 Å². The van der Waals surface area contributed by atoms with Gasteiger partial charge >= 0.3 is 0 Å². The van der Waals surface area contributed by atoms with Gasteiger partial charge in [-0.25, -0.2) is 0 Å². The van der Waals surface area contributed by atoms with Crippen LogP contribution in [0.25, 0.3) is 0 Å². The van der Waals surface area contributed by atoms with Crippen LogP contribution < -0.4 is 0 Å². The van der Waals surface area contributed by atoms with Crippen LogP contribution in [0.5, 0.6) is 0 Å². The van der Waals surface area contributed by atoms with Crippen LogP contribution in [0.3, 0.4) is 0 Å². The van der Waals surface area contributed by atoms with Crippen molar-refractivity contribution in [2.24, 2.45) is 11.8 Å². The Morgan fingerprint density at radius 2 is 1.57 bits per heavy atom. The van der Waals surface area contributed by atoms with E-state index in [1.54, 1.807) is 19.3 Å². The molecule has 2 fully saturated rings. The Balaban J connectivity index is 0.000000245. The summed E-state index contributed by atoms with van der Waals surface area (Å²) in [5.41, 5.74) is 0. The minimum atomic E-state index is 0. The molecular weight excluding hydrogens is 108 g/mol. The molecule has 7 heavy (non-hydrogen) atoms. The zero-order valence-electron chi connectivity index (χ0n) is 4.39. The van der Waals surface area contributed by atoms with Crippen molar-refractivity contribution in [3.8, 4) is 0 Å². The van der Waals surface area contributed by atoms with Gasteiger partial charge in [-0.15, -0.1) is 12.4 Å². The Hall–Kier alpha value is 0.290. The molecule has 42 valence electrons. The molecule has 0 aliphatic heterocycles. The minimum absolute atomic E-state index is 0. The van der Waals surface area contributed by atoms with Gasteiger partial charge in [0.1, 0.15) is 0 Å². The molecule has 1 heteroatoms. The minimum Gasteiger partial charge on any atom is -0.147 e. The summed E-state index contributed by atoms with van der Waals surface area (Å²) in [5.74, 6) is 2.43.